The van der Waals surface area contributed by atoms with E-state index in [1.165, 1.54) is 0 Å². The zero-order chi connectivity index (χ0) is 8.81. The molecule has 0 spiro atoms. The van der Waals surface area contributed by atoms with Crippen molar-refractivity contribution in [2.45, 2.75) is 19.3 Å². The molecular formula is C10H13BrO. The van der Waals surface area contributed by atoms with Gasteiger partial charge in [0.2, 0.25) is 0 Å². The van der Waals surface area contributed by atoms with E-state index >= 15 is 0 Å². The van der Waals surface area contributed by atoms with Crippen molar-refractivity contribution in [3.8, 4) is 5.75 Å². The molecule has 1 rings (SSSR count). The van der Waals surface area contributed by atoms with E-state index in [-0.39, 0.29) is 0 Å². The standard InChI is InChI=1S/C10H13BrO/c11-8-4-3-6-9-5-1-2-7-10(9)12/h1-2,5,7,12H,3-4,6,8H2. The molecule has 0 aliphatic heterocycles. The average Bonchev–Trinajstić information content (AvgIpc) is 2.09. The quantitative estimate of drug-likeness (QED) is 0.621. The molecule has 12 heavy (non-hydrogen) atoms. The summed E-state index contributed by atoms with van der Waals surface area (Å²) in [5.41, 5.74) is 1.05. The van der Waals surface area contributed by atoms with E-state index < -0.39 is 0 Å². The van der Waals surface area contributed by atoms with E-state index in [1.807, 2.05) is 18.2 Å². The normalized spacial score (nSPS) is 10.1. The van der Waals surface area contributed by atoms with Crippen molar-refractivity contribution < 1.29 is 5.11 Å². The first-order valence-corrected chi connectivity index (χ1v) is 5.29. The van der Waals surface area contributed by atoms with Crippen LogP contribution in [0.4, 0.5) is 0 Å². The Hall–Kier alpha value is -0.500. The molecule has 0 radical (unpaired) electrons. The van der Waals surface area contributed by atoms with Crippen molar-refractivity contribution in [3.63, 3.8) is 0 Å². The highest BCUT2D eigenvalue weighted by Gasteiger charge is 1.97. The van der Waals surface area contributed by atoms with Gasteiger partial charge in [-0.15, -0.1) is 0 Å². The van der Waals surface area contributed by atoms with Gasteiger partial charge in [-0.25, -0.2) is 0 Å². The van der Waals surface area contributed by atoms with E-state index in [1.54, 1.807) is 6.07 Å². The van der Waals surface area contributed by atoms with Gasteiger partial charge in [-0.1, -0.05) is 34.1 Å². The number of hydrogen-bond acceptors (Lipinski definition) is 1. The van der Waals surface area contributed by atoms with Crippen LogP contribution in [-0.2, 0) is 6.42 Å². The van der Waals surface area contributed by atoms with Crippen LogP contribution in [0.5, 0.6) is 5.75 Å². The van der Waals surface area contributed by atoms with Crippen LogP contribution in [0.25, 0.3) is 0 Å². The Bertz CT molecular complexity index is 235. The molecule has 1 aromatic rings. The Balaban J connectivity index is 2.46. The van der Waals surface area contributed by atoms with Gasteiger partial charge in [0.1, 0.15) is 5.75 Å². The third kappa shape index (κ3) is 2.86. The van der Waals surface area contributed by atoms with Gasteiger partial charge in [0, 0.05) is 5.33 Å². The number of halogens is 1. The Kier molecular flexibility index (Phi) is 4.15. The van der Waals surface area contributed by atoms with Gasteiger partial charge >= 0.3 is 0 Å². The van der Waals surface area contributed by atoms with Crippen molar-refractivity contribution in [2.24, 2.45) is 0 Å². The molecule has 0 saturated carbocycles. The third-order valence-electron chi connectivity index (χ3n) is 1.82. The number of unbranched alkanes of at least 4 members (excludes halogenated alkanes) is 1. The van der Waals surface area contributed by atoms with Crippen LogP contribution in [0, 0.1) is 0 Å². The minimum absolute atomic E-state index is 0.423. The second kappa shape index (κ2) is 5.20. The molecule has 0 amide bonds. The molecule has 0 aliphatic rings. The smallest absolute Gasteiger partial charge is 0.118 e. The fourth-order valence-corrected chi connectivity index (χ4v) is 1.53. The van der Waals surface area contributed by atoms with Gasteiger partial charge in [0.25, 0.3) is 0 Å². The molecule has 0 heterocycles. The number of phenolic OH excluding ortho intramolecular Hbond substituents is 1. The zero-order valence-electron chi connectivity index (χ0n) is 6.96. The van der Waals surface area contributed by atoms with Crippen molar-refractivity contribution in [1.82, 2.24) is 0 Å². The van der Waals surface area contributed by atoms with Gasteiger partial charge in [0.15, 0.2) is 0 Å². The lowest BCUT2D eigenvalue weighted by Gasteiger charge is -2.02. The second-order valence-corrected chi connectivity index (χ2v) is 3.57. The minimum Gasteiger partial charge on any atom is -0.508 e. The molecule has 0 unspecified atom stereocenters. The Morgan fingerprint density at radius 1 is 1.17 bits per heavy atom. The van der Waals surface area contributed by atoms with Gasteiger partial charge in [-0.3, -0.25) is 0 Å². The molecule has 0 saturated heterocycles. The number of para-hydroxylation sites is 1. The summed E-state index contributed by atoms with van der Waals surface area (Å²) < 4.78 is 0. The number of alkyl halides is 1. The number of aromatic hydroxyl groups is 1. The predicted molar refractivity (Wildman–Crippen MR) is 54.8 cm³/mol. The van der Waals surface area contributed by atoms with Crippen LogP contribution in [-0.4, -0.2) is 10.4 Å². The lowest BCUT2D eigenvalue weighted by atomic mass is 10.1. The molecular weight excluding hydrogens is 216 g/mol. The topological polar surface area (TPSA) is 20.2 Å². The second-order valence-electron chi connectivity index (χ2n) is 2.77. The Morgan fingerprint density at radius 3 is 2.58 bits per heavy atom. The maximum atomic E-state index is 9.40. The number of hydrogen-bond donors (Lipinski definition) is 1. The molecule has 1 nitrogen and oxygen atoms in total. The molecule has 2 heteroatoms. The Labute approximate surface area is 81.6 Å². The van der Waals surface area contributed by atoms with Crippen LogP contribution in [0.2, 0.25) is 0 Å². The van der Waals surface area contributed by atoms with Crippen molar-refractivity contribution in [3.05, 3.63) is 29.8 Å². The minimum atomic E-state index is 0.423. The van der Waals surface area contributed by atoms with Crippen molar-refractivity contribution in [2.75, 3.05) is 5.33 Å². The predicted octanol–water partition coefficient (Wildman–Crippen LogP) is 3.11. The molecule has 0 aliphatic carbocycles. The fraction of sp³-hybridized carbons (Fsp3) is 0.400. The summed E-state index contributed by atoms with van der Waals surface area (Å²) >= 11 is 3.38. The molecule has 0 atom stereocenters. The first-order chi connectivity index (χ1) is 5.84. The summed E-state index contributed by atoms with van der Waals surface area (Å²) in [7, 11) is 0. The van der Waals surface area contributed by atoms with Gasteiger partial charge in [-0.2, -0.15) is 0 Å². The SMILES string of the molecule is Oc1ccccc1CCCCBr. The fourth-order valence-electron chi connectivity index (χ4n) is 1.13. The molecule has 1 N–H and O–H groups in total. The number of rotatable bonds is 4. The van der Waals surface area contributed by atoms with Gasteiger partial charge in [0.05, 0.1) is 0 Å². The molecule has 1 aromatic carbocycles. The van der Waals surface area contributed by atoms with Crippen molar-refractivity contribution in [1.29, 1.82) is 0 Å². The summed E-state index contributed by atoms with van der Waals surface area (Å²) in [6, 6.07) is 7.53. The zero-order valence-corrected chi connectivity index (χ0v) is 8.55. The highest BCUT2D eigenvalue weighted by Crippen LogP contribution is 2.17. The summed E-state index contributed by atoms with van der Waals surface area (Å²) in [6.07, 6.45) is 3.26. The summed E-state index contributed by atoms with van der Waals surface area (Å²) in [4.78, 5) is 0. The van der Waals surface area contributed by atoms with E-state index in [0.717, 1.165) is 30.2 Å². The van der Waals surface area contributed by atoms with Gasteiger partial charge in [-0.05, 0) is 30.9 Å². The van der Waals surface area contributed by atoms with E-state index in [9.17, 15) is 5.11 Å². The summed E-state index contributed by atoms with van der Waals surface area (Å²) in [5.74, 6) is 0.423. The van der Waals surface area contributed by atoms with Crippen molar-refractivity contribution >= 4 is 15.9 Å². The largest absolute Gasteiger partial charge is 0.508 e. The molecule has 0 bridgehead atoms. The number of phenols is 1. The highest BCUT2D eigenvalue weighted by molar-refractivity contribution is 9.09. The van der Waals surface area contributed by atoms with E-state index in [0.29, 0.717) is 5.75 Å². The summed E-state index contributed by atoms with van der Waals surface area (Å²) in [5, 5.41) is 10.4. The Morgan fingerprint density at radius 2 is 1.92 bits per heavy atom. The maximum Gasteiger partial charge on any atom is 0.118 e. The third-order valence-corrected chi connectivity index (χ3v) is 2.38. The highest BCUT2D eigenvalue weighted by atomic mass is 79.9. The maximum absolute atomic E-state index is 9.40. The van der Waals surface area contributed by atoms with E-state index in [2.05, 4.69) is 15.9 Å². The van der Waals surface area contributed by atoms with E-state index in [4.69, 9.17) is 0 Å². The average molecular weight is 229 g/mol. The number of aryl methyl sites for hydroxylation is 1. The summed E-state index contributed by atoms with van der Waals surface area (Å²) in [6.45, 7) is 0. The molecule has 0 fully saturated rings. The molecule has 66 valence electrons. The van der Waals surface area contributed by atoms with Crippen LogP contribution >= 0.6 is 15.9 Å². The first-order valence-electron chi connectivity index (χ1n) is 4.17. The van der Waals surface area contributed by atoms with Crippen LogP contribution in [0.1, 0.15) is 18.4 Å². The van der Waals surface area contributed by atoms with Crippen LogP contribution in [0.15, 0.2) is 24.3 Å². The van der Waals surface area contributed by atoms with Crippen LogP contribution in [0.3, 0.4) is 0 Å². The lowest BCUT2D eigenvalue weighted by Crippen LogP contribution is -1.86. The lowest BCUT2D eigenvalue weighted by molar-refractivity contribution is 0.467. The van der Waals surface area contributed by atoms with Gasteiger partial charge < -0.3 is 5.11 Å². The number of benzene rings is 1. The monoisotopic (exact) mass is 228 g/mol. The van der Waals surface area contributed by atoms with Crippen LogP contribution < -0.4 is 0 Å². The first kappa shape index (κ1) is 9.59. The molecule has 0 aromatic heterocycles.